The van der Waals surface area contributed by atoms with Crippen LogP contribution in [0.15, 0.2) is 18.3 Å². The molecule has 1 aromatic carbocycles. The molecule has 20 heavy (non-hydrogen) atoms. The van der Waals surface area contributed by atoms with Crippen molar-refractivity contribution in [2.75, 3.05) is 0 Å². The maximum absolute atomic E-state index is 11.6. The number of benzene rings is 1. The van der Waals surface area contributed by atoms with Gasteiger partial charge in [-0.15, -0.1) is 0 Å². The molecule has 1 N–H and O–H groups in total. The first-order valence-electron chi connectivity index (χ1n) is 7.38. The van der Waals surface area contributed by atoms with Gasteiger partial charge in [0.25, 0.3) is 0 Å². The molecule has 0 atom stereocenters. The van der Waals surface area contributed by atoms with Gasteiger partial charge in [0.15, 0.2) is 0 Å². The van der Waals surface area contributed by atoms with Crippen molar-refractivity contribution < 1.29 is 9.90 Å². The minimum atomic E-state index is -0.837. The fraction of sp³-hybridized carbons (Fsp3) is 0.471. The lowest BCUT2D eigenvalue weighted by Crippen LogP contribution is -2.04. The monoisotopic (exact) mass is 273 g/mol. The molecule has 2 aromatic rings. The molecule has 0 fully saturated rings. The van der Waals surface area contributed by atoms with Crippen LogP contribution in [-0.4, -0.2) is 15.6 Å². The van der Waals surface area contributed by atoms with E-state index in [0.717, 1.165) is 35.9 Å². The molecule has 0 saturated carbocycles. The number of carboxylic acids is 1. The third kappa shape index (κ3) is 2.45. The summed E-state index contributed by atoms with van der Waals surface area (Å²) in [4.78, 5) is 11.6. The van der Waals surface area contributed by atoms with Crippen LogP contribution in [0.25, 0.3) is 10.9 Å². The molecule has 0 spiro atoms. The molecular formula is C17H23NO2. The number of rotatable bonds is 5. The summed E-state index contributed by atoms with van der Waals surface area (Å²) in [6.45, 7) is 9.34. The minimum absolute atomic E-state index is 0.393. The number of aryl methyl sites for hydroxylation is 2. The smallest absolute Gasteiger partial charge is 0.337 e. The van der Waals surface area contributed by atoms with Gasteiger partial charge in [0, 0.05) is 18.1 Å². The Morgan fingerprint density at radius 2 is 2.00 bits per heavy atom. The summed E-state index contributed by atoms with van der Waals surface area (Å²) in [6, 6.07) is 3.98. The summed E-state index contributed by atoms with van der Waals surface area (Å²) >= 11 is 0. The quantitative estimate of drug-likeness (QED) is 0.875. The average Bonchev–Trinajstić information content (AvgIpc) is 2.77. The molecule has 0 radical (unpaired) electrons. The number of nitrogens with zero attached hydrogens (tertiary/aromatic N) is 1. The maximum Gasteiger partial charge on any atom is 0.337 e. The fourth-order valence-electron chi connectivity index (χ4n) is 2.77. The maximum atomic E-state index is 11.6. The number of aromatic carboxylic acids is 1. The summed E-state index contributed by atoms with van der Waals surface area (Å²) in [5, 5.41) is 10.6. The number of aromatic nitrogens is 1. The van der Waals surface area contributed by atoms with Gasteiger partial charge in [0.2, 0.25) is 0 Å². The van der Waals surface area contributed by atoms with Crippen molar-refractivity contribution in [3.8, 4) is 0 Å². The van der Waals surface area contributed by atoms with E-state index in [1.54, 1.807) is 0 Å². The summed E-state index contributed by atoms with van der Waals surface area (Å²) in [5.41, 5.74) is 3.64. The van der Waals surface area contributed by atoms with Crippen LogP contribution < -0.4 is 0 Å². The van der Waals surface area contributed by atoms with Gasteiger partial charge in [-0.3, -0.25) is 0 Å². The zero-order valence-corrected chi connectivity index (χ0v) is 12.7. The largest absolute Gasteiger partial charge is 0.478 e. The highest BCUT2D eigenvalue weighted by atomic mass is 16.4. The van der Waals surface area contributed by atoms with Crippen molar-refractivity contribution in [2.24, 2.45) is 0 Å². The Morgan fingerprint density at radius 3 is 2.50 bits per heavy atom. The molecule has 0 amide bonds. The van der Waals surface area contributed by atoms with Gasteiger partial charge in [-0.25, -0.2) is 4.79 Å². The zero-order chi connectivity index (χ0) is 14.9. The van der Waals surface area contributed by atoms with Gasteiger partial charge < -0.3 is 9.67 Å². The molecule has 3 nitrogen and oxygen atoms in total. The Morgan fingerprint density at radius 1 is 1.30 bits per heavy atom. The first-order valence-corrected chi connectivity index (χ1v) is 7.38. The number of hydrogen-bond acceptors (Lipinski definition) is 1. The van der Waals surface area contributed by atoms with Crippen molar-refractivity contribution in [1.82, 2.24) is 4.57 Å². The summed E-state index contributed by atoms with van der Waals surface area (Å²) in [5.74, 6) is -0.444. The van der Waals surface area contributed by atoms with E-state index in [1.807, 2.05) is 6.07 Å². The van der Waals surface area contributed by atoms with E-state index < -0.39 is 5.97 Å². The number of carbonyl (C=O) groups is 1. The second-order valence-electron chi connectivity index (χ2n) is 5.63. The van der Waals surface area contributed by atoms with E-state index in [2.05, 4.69) is 44.5 Å². The Labute approximate surface area is 120 Å². The number of fused-ring (bicyclic) bond motifs is 1. The average molecular weight is 273 g/mol. The van der Waals surface area contributed by atoms with Crippen LogP contribution in [0.3, 0.4) is 0 Å². The zero-order valence-electron chi connectivity index (χ0n) is 12.7. The standard InChI is InChI=1S/C17H23NO2/c1-5-7-18-10-15(11(3)4)13-8-12(6-2)9-14(16(13)18)17(19)20/h8-11H,5-7H2,1-4H3,(H,19,20). The first-order chi connectivity index (χ1) is 9.49. The van der Waals surface area contributed by atoms with Gasteiger partial charge in [-0.2, -0.15) is 0 Å². The number of hydrogen-bond donors (Lipinski definition) is 1. The molecule has 0 aliphatic heterocycles. The molecule has 0 saturated heterocycles. The van der Waals surface area contributed by atoms with Crippen LogP contribution in [0.5, 0.6) is 0 Å². The van der Waals surface area contributed by atoms with E-state index in [-0.39, 0.29) is 0 Å². The lowest BCUT2D eigenvalue weighted by atomic mass is 9.98. The molecule has 0 aliphatic rings. The molecule has 2 rings (SSSR count). The highest BCUT2D eigenvalue weighted by Gasteiger charge is 2.18. The molecule has 108 valence electrons. The highest BCUT2D eigenvalue weighted by Crippen LogP contribution is 2.31. The molecule has 0 bridgehead atoms. The Bertz CT molecular complexity index is 638. The van der Waals surface area contributed by atoms with E-state index in [9.17, 15) is 9.90 Å². The van der Waals surface area contributed by atoms with Crippen molar-refractivity contribution >= 4 is 16.9 Å². The molecule has 3 heteroatoms. The van der Waals surface area contributed by atoms with E-state index >= 15 is 0 Å². The van der Waals surface area contributed by atoms with Crippen molar-refractivity contribution in [3.63, 3.8) is 0 Å². The molecule has 1 heterocycles. The van der Waals surface area contributed by atoms with Crippen LogP contribution >= 0.6 is 0 Å². The summed E-state index contributed by atoms with van der Waals surface area (Å²) in [7, 11) is 0. The third-order valence-electron chi connectivity index (χ3n) is 3.79. The topological polar surface area (TPSA) is 42.2 Å². The Hall–Kier alpha value is -1.77. The van der Waals surface area contributed by atoms with Crippen molar-refractivity contribution in [2.45, 2.75) is 53.0 Å². The minimum Gasteiger partial charge on any atom is -0.478 e. The first kappa shape index (κ1) is 14.6. The van der Waals surface area contributed by atoms with E-state index in [4.69, 9.17) is 0 Å². The van der Waals surface area contributed by atoms with E-state index in [1.165, 1.54) is 5.56 Å². The van der Waals surface area contributed by atoms with Crippen molar-refractivity contribution in [3.05, 3.63) is 35.0 Å². The van der Waals surface area contributed by atoms with Gasteiger partial charge in [-0.1, -0.05) is 27.7 Å². The third-order valence-corrected chi connectivity index (χ3v) is 3.79. The molecule has 0 unspecified atom stereocenters. The van der Waals surface area contributed by atoms with Gasteiger partial charge >= 0.3 is 5.97 Å². The predicted octanol–water partition coefficient (Wildman–Crippen LogP) is 4.44. The second kappa shape index (κ2) is 5.70. The van der Waals surface area contributed by atoms with Crippen LogP contribution in [0.2, 0.25) is 0 Å². The lowest BCUT2D eigenvalue weighted by molar-refractivity contribution is 0.0698. The fourth-order valence-corrected chi connectivity index (χ4v) is 2.77. The second-order valence-corrected chi connectivity index (χ2v) is 5.63. The SMILES string of the molecule is CCCn1cc(C(C)C)c2cc(CC)cc(C(=O)O)c21. The van der Waals surface area contributed by atoms with Gasteiger partial charge in [0.05, 0.1) is 11.1 Å². The van der Waals surface area contributed by atoms with Crippen LogP contribution in [0.4, 0.5) is 0 Å². The Kier molecular flexibility index (Phi) is 4.17. The molecular weight excluding hydrogens is 250 g/mol. The molecule has 0 aliphatic carbocycles. The predicted molar refractivity (Wildman–Crippen MR) is 82.7 cm³/mol. The Balaban J connectivity index is 2.84. The summed E-state index contributed by atoms with van der Waals surface area (Å²) in [6.07, 6.45) is 3.98. The van der Waals surface area contributed by atoms with Gasteiger partial charge in [0.1, 0.15) is 0 Å². The van der Waals surface area contributed by atoms with Gasteiger partial charge in [-0.05, 0) is 42.0 Å². The summed E-state index contributed by atoms with van der Waals surface area (Å²) < 4.78 is 2.10. The van der Waals surface area contributed by atoms with Crippen LogP contribution in [-0.2, 0) is 13.0 Å². The van der Waals surface area contributed by atoms with Crippen LogP contribution in [0, 0.1) is 0 Å². The number of carboxylic acid groups (broad SMARTS) is 1. The molecule has 1 aromatic heterocycles. The van der Waals surface area contributed by atoms with Crippen molar-refractivity contribution in [1.29, 1.82) is 0 Å². The van der Waals surface area contributed by atoms with Crippen LogP contribution in [0.1, 0.15) is 61.5 Å². The highest BCUT2D eigenvalue weighted by molar-refractivity contribution is 6.04. The normalized spacial score (nSPS) is 11.4. The lowest BCUT2D eigenvalue weighted by Gasteiger charge is -2.08. The van der Waals surface area contributed by atoms with E-state index in [0.29, 0.717) is 11.5 Å².